The van der Waals surface area contributed by atoms with Gasteiger partial charge in [-0.05, 0) is 202 Å². The second-order valence-electron chi connectivity index (χ2n) is 38.3. The average molecular weight is 1900 g/mol. The maximum absolute atomic E-state index is 5.33. The third-order valence-electron chi connectivity index (χ3n) is 29.5. The van der Waals surface area contributed by atoms with E-state index in [-0.39, 0.29) is 0 Å². The van der Waals surface area contributed by atoms with Crippen molar-refractivity contribution in [2.75, 3.05) is 0 Å². The van der Waals surface area contributed by atoms with E-state index in [2.05, 4.69) is 529 Å². The molecule has 30 aromatic rings. The summed E-state index contributed by atoms with van der Waals surface area (Å²) in [4.78, 5) is 31.4. The third kappa shape index (κ3) is 15.7. The summed E-state index contributed by atoms with van der Waals surface area (Å²) in [6, 6.07) is 192. The Morgan fingerprint density at radius 1 is 0.114 bits per heavy atom. The summed E-state index contributed by atoms with van der Waals surface area (Å²) in [7, 11) is 0. The molecule has 0 bridgehead atoms. The molecular formula is C140H89N9. The molecule has 6 aromatic heterocycles. The van der Waals surface area contributed by atoms with Gasteiger partial charge in [-0.2, -0.15) is 0 Å². The second kappa shape index (κ2) is 36.8. The molecule has 0 saturated carbocycles. The van der Waals surface area contributed by atoms with Crippen molar-refractivity contribution in [3.8, 4) is 130 Å². The van der Waals surface area contributed by atoms with E-state index in [1.54, 1.807) is 0 Å². The summed E-state index contributed by atoms with van der Waals surface area (Å²) in [6.07, 6.45) is 0. The molecule has 0 aliphatic carbocycles. The van der Waals surface area contributed by atoms with Gasteiger partial charge in [0.25, 0.3) is 0 Å². The van der Waals surface area contributed by atoms with Crippen LogP contribution in [0.4, 0.5) is 0 Å². The molecule has 0 radical (unpaired) electrons. The van der Waals surface area contributed by atoms with Crippen LogP contribution in [-0.2, 0) is 0 Å². The number of rotatable bonds is 13. The van der Waals surface area contributed by atoms with Crippen LogP contribution in [0.25, 0.3) is 281 Å². The Bertz CT molecular complexity index is 10300. The van der Waals surface area contributed by atoms with Gasteiger partial charge in [0.05, 0.1) is 84.3 Å². The number of fused-ring (bicyclic) bond motifs is 17. The SMILES string of the molecule is c1ccc(-c2cc(-c3ccccc3)nc(-c3ccc(-n4c5ccccc5c5cc6ccccc6cc54)c4ccccc34)n2)cc1.c1ccc(-c2ccc3c4cc5ccccc5cc4n(-c4ccc(-c5nc(-c6ccccc6)cc(-c6ccccc6)n5)c5ccccc45)c3c2)cc1.c1ccc2cc(-c3cc(-c4ccc5ccccc5c4)nc(-c4ccc(-n5c6ccccc6c6cc7ccccc7cc65)c5ccccc45)n3)ccc2c1. The van der Waals surface area contributed by atoms with Crippen molar-refractivity contribution < 1.29 is 0 Å². The number of benzene rings is 24. The Morgan fingerprint density at radius 3 is 0.664 bits per heavy atom. The monoisotopic (exact) mass is 1900 g/mol. The molecule has 0 saturated heterocycles. The molecule has 30 rings (SSSR count). The lowest BCUT2D eigenvalue weighted by molar-refractivity contribution is 1.18. The van der Waals surface area contributed by atoms with Crippen LogP contribution in [0.15, 0.2) is 540 Å². The summed E-state index contributed by atoms with van der Waals surface area (Å²) < 4.78 is 7.29. The smallest absolute Gasteiger partial charge is 0.161 e. The molecule has 0 spiro atoms. The molecule has 6 heterocycles. The number of aromatic nitrogens is 9. The Kier molecular flexibility index (Phi) is 21.4. The zero-order valence-electron chi connectivity index (χ0n) is 80.9. The fourth-order valence-electron chi connectivity index (χ4n) is 22.3. The molecule has 0 unspecified atom stereocenters. The maximum atomic E-state index is 5.33. The lowest BCUT2D eigenvalue weighted by Crippen LogP contribution is -1.99. The molecule has 0 aliphatic rings. The van der Waals surface area contributed by atoms with Crippen LogP contribution >= 0.6 is 0 Å². The van der Waals surface area contributed by atoms with Crippen molar-refractivity contribution in [2.24, 2.45) is 0 Å². The largest absolute Gasteiger partial charge is 0.309 e. The summed E-state index contributed by atoms with van der Waals surface area (Å²) in [5.74, 6) is 2.12. The van der Waals surface area contributed by atoms with E-state index < -0.39 is 0 Å². The topological polar surface area (TPSA) is 92.1 Å². The van der Waals surface area contributed by atoms with Gasteiger partial charge < -0.3 is 13.7 Å². The molecule has 24 aromatic carbocycles. The number of nitrogens with zero attached hydrogens (tertiary/aromatic N) is 9. The lowest BCUT2D eigenvalue weighted by atomic mass is 9.99. The highest BCUT2D eigenvalue weighted by molar-refractivity contribution is 6.19. The minimum absolute atomic E-state index is 0.704. The Hall–Kier alpha value is -20.0. The first-order chi connectivity index (χ1) is 73.8. The van der Waals surface area contributed by atoms with Crippen LogP contribution in [0.3, 0.4) is 0 Å². The molecule has 0 fully saturated rings. The predicted molar refractivity (Wildman–Crippen MR) is 624 cm³/mol. The van der Waals surface area contributed by atoms with E-state index in [1.807, 2.05) is 24.3 Å². The van der Waals surface area contributed by atoms with Gasteiger partial charge in [0, 0.05) is 98.5 Å². The zero-order valence-corrected chi connectivity index (χ0v) is 80.9. The van der Waals surface area contributed by atoms with Crippen molar-refractivity contribution in [1.29, 1.82) is 0 Å². The van der Waals surface area contributed by atoms with Crippen molar-refractivity contribution in [3.63, 3.8) is 0 Å². The lowest BCUT2D eigenvalue weighted by Gasteiger charge is -2.16. The molecule has 0 aliphatic heterocycles. The fraction of sp³-hybridized carbons (Fsp3) is 0. The molecule has 9 heteroatoms. The van der Waals surface area contributed by atoms with E-state index in [0.29, 0.717) is 17.5 Å². The zero-order chi connectivity index (χ0) is 98.4. The first kappa shape index (κ1) is 86.8. The van der Waals surface area contributed by atoms with Crippen LogP contribution in [0.2, 0.25) is 0 Å². The van der Waals surface area contributed by atoms with Crippen LogP contribution < -0.4 is 0 Å². The fourth-order valence-corrected chi connectivity index (χ4v) is 22.3. The normalized spacial score (nSPS) is 11.6. The van der Waals surface area contributed by atoms with Gasteiger partial charge in [-0.15, -0.1) is 0 Å². The Balaban J connectivity index is 0.000000108. The highest BCUT2D eigenvalue weighted by atomic mass is 15.0. The minimum Gasteiger partial charge on any atom is -0.309 e. The minimum atomic E-state index is 0.704. The van der Waals surface area contributed by atoms with Crippen molar-refractivity contribution >= 4 is 152 Å². The highest BCUT2D eigenvalue weighted by Gasteiger charge is 2.26. The number of hydrogen-bond donors (Lipinski definition) is 0. The molecule has 9 nitrogen and oxygen atoms in total. The molecule has 149 heavy (non-hydrogen) atoms. The standard InChI is InChI=1S/C50H31N3.C48H31N3.C42H27N3/c1-3-13-34-27-38(23-21-32(34)11-1)45-31-46(39-24-22-33-12-2-4-14-35(33)28-39)52-50(51-45)43-25-26-48(41-18-8-7-17-40(41)43)53-47-20-10-9-19-42(47)44-29-36-15-5-6-16-37(36)30-49(44)53;1-4-14-32(15-5-1)37-24-25-40-42-28-35-20-10-11-21-36(35)29-47(42)51(46(40)30-37)45-27-26-41(38-22-12-13-23-39(38)45)48-49-43(33-16-6-2-7-17-33)31-44(50-48)34-18-8-3-9-19-34;1-3-13-28(14-4-1)37-27-38(29-15-5-2-6-16-29)44-42(43-37)35-23-24-40(33-20-10-9-19-32(33)35)45-39-22-12-11-21-34(39)36-25-30-17-7-8-18-31(30)26-41(36)45/h1-31H;1-31H;1-27H. The van der Waals surface area contributed by atoms with Gasteiger partial charge in [-0.1, -0.05) is 419 Å². The molecule has 0 atom stereocenters. The van der Waals surface area contributed by atoms with Gasteiger partial charge in [-0.25, -0.2) is 29.9 Å². The van der Waals surface area contributed by atoms with Gasteiger partial charge >= 0.3 is 0 Å². The van der Waals surface area contributed by atoms with Crippen LogP contribution in [0.1, 0.15) is 0 Å². The molecular weight excluding hydrogens is 1810 g/mol. The number of hydrogen-bond acceptors (Lipinski definition) is 6. The van der Waals surface area contributed by atoms with Crippen LogP contribution in [0, 0.1) is 0 Å². The second-order valence-corrected chi connectivity index (χ2v) is 38.3. The predicted octanol–water partition coefficient (Wildman–Crippen LogP) is 36.6. The van der Waals surface area contributed by atoms with Gasteiger partial charge in [-0.3, -0.25) is 0 Å². The number of para-hydroxylation sites is 2. The first-order valence-corrected chi connectivity index (χ1v) is 50.7. The first-order valence-electron chi connectivity index (χ1n) is 50.7. The summed E-state index contributed by atoms with van der Waals surface area (Å²) in [6.45, 7) is 0. The van der Waals surface area contributed by atoms with Gasteiger partial charge in [0.15, 0.2) is 17.5 Å². The van der Waals surface area contributed by atoms with E-state index >= 15 is 0 Å². The van der Waals surface area contributed by atoms with Crippen molar-refractivity contribution in [3.05, 3.63) is 540 Å². The van der Waals surface area contributed by atoms with Crippen LogP contribution in [0.5, 0.6) is 0 Å². The average Bonchev–Trinajstić information content (AvgIpc) is 1.58. The van der Waals surface area contributed by atoms with Crippen LogP contribution in [-0.4, -0.2) is 43.6 Å². The third-order valence-corrected chi connectivity index (χ3v) is 29.5. The van der Waals surface area contributed by atoms with E-state index in [0.717, 1.165) is 134 Å². The van der Waals surface area contributed by atoms with E-state index in [4.69, 9.17) is 29.9 Å². The Labute approximate surface area is 858 Å². The van der Waals surface area contributed by atoms with Gasteiger partial charge in [0.2, 0.25) is 0 Å². The Morgan fingerprint density at radius 2 is 0.342 bits per heavy atom. The summed E-state index contributed by atoms with van der Waals surface area (Å²) in [5, 5.41) is 26.4. The van der Waals surface area contributed by atoms with Gasteiger partial charge in [0.1, 0.15) is 0 Å². The van der Waals surface area contributed by atoms with Crippen molar-refractivity contribution in [1.82, 2.24) is 43.6 Å². The summed E-state index contributed by atoms with van der Waals surface area (Å²) >= 11 is 0. The maximum Gasteiger partial charge on any atom is 0.161 e. The summed E-state index contributed by atoms with van der Waals surface area (Å²) in [5.41, 5.74) is 27.7. The molecule has 694 valence electrons. The molecule has 0 N–H and O–H groups in total. The quantitative estimate of drug-likeness (QED) is 0.114. The molecule has 0 amide bonds. The van der Waals surface area contributed by atoms with Crippen molar-refractivity contribution in [2.45, 2.75) is 0 Å². The highest BCUT2D eigenvalue weighted by Crippen LogP contribution is 2.47. The van der Waals surface area contributed by atoms with E-state index in [1.165, 1.54) is 130 Å². The van der Waals surface area contributed by atoms with E-state index in [9.17, 15) is 0 Å².